The third-order valence-corrected chi connectivity index (χ3v) is 12.4. The van der Waals surface area contributed by atoms with E-state index in [4.69, 9.17) is 4.74 Å². The predicted octanol–water partition coefficient (Wildman–Crippen LogP) is 6.63. The fourth-order valence-corrected chi connectivity index (χ4v) is 10.8. The predicted molar refractivity (Wildman–Crippen MR) is 168 cm³/mol. The van der Waals surface area contributed by atoms with Crippen LogP contribution in [-0.2, 0) is 4.74 Å². The van der Waals surface area contributed by atoms with Crippen LogP contribution in [0.15, 0.2) is 121 Å². The van der Waals surface area contributed by atoms with E-state index in [1.807, 2.05) is 20.8 Å². The summed E-state index contributed by atoms with van der Waals surface area (Å²) in [6.07, 6.45) is 1.70. The van der Waals surface area contributed by atoms with Crippen molar-refractivity contribution in [3.63, 3.8) is 0 Å². The van der Waals surface area contributed by atoms with Gasteiger partial charge in [-0.15, -0.1) is 0 Å². The summed E-state index contributed by atoms with van der Waals surface area (Å²) >= 11 is 0. The van der Waals surface area contributed by atoms with Crippen molar-refractivity contribution in [2.75, 3.05) is 12.7 Å². The number of carbonyl (C=O) groups excluding carboxylic acids is 1. The Labute approximate surface area is 235 Å². The topological polar surface area (TPSA) is 29.5 Å². The zero-order chi connectivity index (χ0) is 27.2. The molecule has 1 unspecified atom stereocenters. The summed E-state index contributed by atoms with van der Waals surface area (Å²) in [6.45, 7) is 6.57. The van der Waals surface area contributed by atoms with Crippen LogP contribution in [-0.4, -0.2) is 41.0 Å². The third kappa shape index (κ3) is 6.96. The lowest BCUT2D eigenvalue weighted by atomic mass is 10.2. The molecule has 1 heterocycles. The molecule has 5 rings (SSSR count). The Morgan fingerprint density at radius 2 is 1.13 bits per heavy atom. The van der Waals surface area contributed by atoms with Crippen molar-refractivity contribution in [2.45, 2.75) is 44.5 Å². The molecule has 0 saturated carbocycles. The fourth-order valence-electron chi connectivity index (χ4n) is 5.33. The number of ether oxygens (including phenoxy) is 1. The molecular weight excluding hydrogens is 516 g/mol. The Bertz CT molecular complexity index is 1250. The van der Waals surface area contributed by atoms with Crippen LogP contribution in [0.4, 0.5) is 4.79 Å². The van der Waals surface area contributed by atoms with Crippen LogP contribution in [0.25, 0.3) is 0 Å². The maximum Gasteiger partial charge on any atom is 0.410 e. The number of rotatable bonds is 7. The van der Waals surface area contributed by atoms with E-state index in [0.29, 0.717) is 12.2 Å². The molecule has 4 aromatic rings. The largest absolute Gasteiger partial charge is 0.444 e. The van der Waals surface area contributed by atoms with Crippen molar-refractivity contribution >= 4 is 43.2 Å². The monoisotopic (exact) mass is 553 g/mol. The van der Waals surface area contributed by atoms with Gasteiger partial charge in [-0.25, -0.2) is 4.79 Å². The maximum atomic E-state index is 13.7. The molecule has 39 heavy (non-hydrogen) atoms. The summed E-state index contributed by atoms with van der Waals surface area (Å²) in [5, 5.41) is 5.42. The highest BCUT2D eigenvalue weighted by Crippen LogP contribution is 2.48. The first-order valence-corrected chi connectivity index (χ1v) is 16.6. The fraction of sp³-hybridized carbons (Fsp3) is 0.265. The number of likely N-dealkylation sites (tertiary alicyclic amines) is 1. The average Bonchev–Trinajstić information content (AvgIpc) is 3.36. The molecule has 0 spiro atoms. The molecule has 3 nitrogen and oxygen atoms in total. The van der Waals surface area contributed by atoms with Gasteiger partial charge in [0.15, 0.2) is 0 Å². The lowest BCUT2D eigenvalue weighted by Crippen LogP contribution is -2.42. The van der Waals surface area contributed by atoms with Crippen LogP contribution in [0.3, 0.4) is 0 Å². The number of hydrogen-bond donors (Lipinski definition) is 0. The van der Waals surface area contributed by atoms with Gasteiger partial charge in [-0.05, 0) is 70.4 Å². The van der Waals surface area contributed by atoms with Gasteiger partial charge in [0.05, 0.1) is 0 Å². The minimum absolute atomic E-state index is 0.105. The number of nitrogens with zero attached hydrogens (tertiary/aromatic N) is 1. The van der Waals surface area contributed by atoms with E-state index in [2.05, 4.69) is 126 Å². The van der Waals surface area contributed by atoms with Crippen LogP contribution in [0.1, 0.15) is 27.2 Å². The molecule has 1 amide bonds. The van der Waals surface area contributed by atoms with Gasteiger partial charge < -0.3 is 9.64 Å². The molecule has 1 aliphatic rings. The summed E-state index contributed by atoms with van der Waals surface area (Å²) in [5.74, 6) is 0. The molecule has 200 valence electrons. The second kappa shape index (κ2) is 12.5. The van der Waals surface area contributed by atoms with Gasteiger partial charge in [0.2, 0.25) is 0 Å². The van der Waals surface area contributed by atoms with Crippen molar-refractivity contribution < 1.29 is 9.53 Å². The van der Waals surface area contributed by atoms with Gasteiger partial charge in [0, 0.05) is 18.2 Å². The van der Waals surface area contributed by atoms with E-state index in [-0.39, 0.29) is 12.1 Å². The number of carbonyl (C=O) groups is 1. The third-order valence-electron chi connectivity index (χ3n) is 6.98. The van der Waals surface area contributed by atoms with Crippen molar-refractivity contribution in [1.29, 1.82) is 0 Å². The van der Waals surface area contributed by atoms with Crippen molar-refractivity contribution in [3.8, 4) is 0 Å². The lowest BCUT2D eigenvalue weighted by molar-refractivity contribution is 0.0242. The van der Waals surface area contributed by atoms with Gasteiger partial charge >= 0.3 is 6.09 Å². The standard InChI is InChI=1S/C34H37NO2P2/c1-34(2,3)37-33(36)35-25-32(39(30-20-12-6-13-21-30)31-22-14-7-15-23-31)24-27(35)26-38(28-16-8-4-9-17-28)29-18-10-5-11-19-29/h4-23,27,32H,24-26H2,1-3H3/t27-,32?/m1/s1. The first-order valence-electron chi connectivity index (χ1n) is 13.7. The molecule has 0 bridgehead atoms. The highest BCUT2D eigenvalue weighted by Gasteiger charge is 2.42. The van der Waals surface area contributed by atoms with E-state index >= 15 is 0 Å². The zero-order valence-electron chi connectivity index (χ0n) is 23.0. The lowest BCUT2D eigenvalue weighted by Gasteiger charge is -2.31. The van der Waals surface area contributed by atoms with Gasteiger partial charge in [0.1, 0.15) is 5.60 Å². The Morgan fingerprint density at radius 1 is 0.718 bits per heavy atom. The molecule has 0 radical (unpaired) electrons. The van der Waals surface area contributed by atoms with Gasteiger partial charge in [0.25, 0.3) is 0 Å². The van der Waals surface area contributed by atoms with Gasteiger partial charge in [-0.1, -0.05) is 121 Å². The van der Waals surface area contributed by atoms with Crippen LogP contribution in [0.5, 0.6) is 0 Å². The molecule has 1 fully saturated rings. The first kappa shape index (κ1) is 27.6. The van der Waals surface area contributed by atoms with Crippen LogP contribution in [0, 0.1) is 0 Å². The van der Waals surface area contributed by atoms with E-state index in [1.54, 1.807) is 0 Å². The molecule has 0 aromatic heterocycles. The molecule has 0 aliphatic carbocycles. The van der Waals surface area contributed by atoms with Crippen molar-refractivity contribution in [2.24, 2.45) is 0 Å². The van der Waals surface area contributed by atoms with E-state index < -0.39 is 21.4 Å². The highest BCUT2D eigenvalue weighted by molar-refractivity contribution is 7.74. The zero-order valence-corrected chi connectivity index (χ0v) is 24.8. The number of hydrogen-bond acceptors (Lipinski definition) is 2. The number of amides is 1. The van der Waals surface area contributed by atoms with Crippen LogP contribution >= 0.6 is 15.8 Å². The van der Waals surface area contributed by atoms with Crippen molar-refractivity contribution in [3.05, 3.63) is 121 Å². The van der Waals surface area contributed by atoms with Crippen LogP contribution in [0.2, 0.25) is 0 Å². The quantitative estimate of drug-likeness (QED) is 0.241. The second-order valence-corrected chi connectivity index (χ2v) is 15.8. The minimum Gasteiger partial charge on any atom is -0.444 e. The van der Waals surface area contributed by atoms with Gasteiger partial charge in [-0.3, -0.25) is 0 Å². The maximum absolute atomic E-state index is 13.7. The van der Waals surface area contributed by atoms with Crippen molar-refractivity contribution in [1.82, 2.24) is 4.90 Å². The summed E-state index contributed by atoms with van der Waals surface area (Å²) < 4.78 is 5.99. The normalized spacial score (nSPS) is 17.5. The molecular formula is C34H37NO2P2. The molecule has 2 atom stereocenters. The minimum atomic E-state index is -0.639. The van der Waals surface area contributed by atoms with E-state index in [0.717, 1.165) is 12.6 Å². The second-order valence-electron chi connectivity index (χ2n) is 11.0. The molecule has 0 N–H and O–H groups in total. The SMILES string of the molecule is CC(C)(C)OC(=O)N1CC(P(c2ccccc2)c2ccccc2)C[C@@H]1CP(c1ccccc1)c1ccccc1. The Kier molecular flexibility index (Phi) is 8.81. The summed E-state index contributed by atoms with van der Waals surface area (Å²) in [5.41, 5.74) is -0.182. The molecule has 1 saturated heterocycles. The smallest absolute Gasteiger partial charge is 0.410 e. The summed E-state index contributed by atoms with van der Waals surface area (Å²) in [7, 11) is -1.27. The highest BCUT2D eigenvalue weighted by atomic mass is 31.1. The molecule has 5 heteroatoms. The van der Waals surface area contributed by atoms with Crippen LogP contribution < -0.4 is 21.2 Å². The summed E-state index contributed by atoms with van der Waals surface area (Å²) in [4.78, 5) is 15.7. The average molecular weight is 554 g/mol. The van der Waals surface area contributed by atoms with E-state index in [9.17, 15) is 4.79 Å². The Balaban J connectivity index is 1.51. The summed E-state index contributed by atoms with van der Waals surface area (Å²) in [6, 6.07) is 43.4. The van der Waals surface area contributed by atoms with E-state index in [1.165, 1.54) is 21.2 Å². The van der Waals surface area contributed by atoms with Gasteiger partial charge in [-0.2, -0.15) is 0 Å². The molecule has 1 aliphatic heterocycles. The Hall–Kier alpha value is -2.99. The number of benzene rings is 4. The first-order chi connectivity index (χ1) is 18.9. The molecule has 4 aromatic carbocycles. The Morgan fingerprint density at radius 3 is 1.54 bits per heavy atom.